The molecule has 1 fully saturated rings. The summed E-state index contributed by atoms with van der Waals surface area (Å²) in [6, 6.07) is 6.13. The predicted octanol–water partition coefficient (Wildman–Crippen LogP) is 0.367. The van der Waals surface area contributed by atoms with Gasteiger partial charge in [0.2, 0.25) is 5.91 Å². The topological polar surface area (TPSA) is 75.1 Å². The van der Waals surface area contributed by atoms with Crippen LogP contribution in [0.1, 0.15) is 13.3 Å². The summed E-state index contributed by atoms with van der Waals surface area (Å²) in [4.78, 5) is 14.1. The number of anilines is 1. The molecule has 0 bridgehead atoms. The summed E-state index contributed by atoms with van der Waals surface area (Å²) in [7, 11) is 0. The largest absolute Gasteiger partial charge is 0.369 e. The van der Waals surface area contributed by atoms with Crippen molar-refractivity contribution in [2.45, 2.75) is 19.9 Å². The van der Waals surface area contributed by atoms with Gasteiger partial charge in [0.05, 0.1) is 5.52 Å². The molecular weight excluding hydrogens is 280 g/mol. The van der Waals surface area contributed by atoms with Gasteiger partial charge in [0, 0.05) is 38.4 Å². The fourth-order valence-electron chi connectivity index (χ4n) is 2.65. The van der Waals surface area contributed by atoms with Crippen LogP contribution in [0.15, 0.2) is 18.2 Å². The van der Waals surface area contributed by atoms with Crippen LogP contribution in [-0.2, 0) is 11.3 Å². The van der Waals surface area contributed by atoms with Gasteiger partial charge in [-0.05, 0) is 24.6 Å². The minimum atomic E-state index is -0.0279. The van der Waals surface area contributed by atoms with Crippen LogP contribution in [0.2, 0.25) is 0 Å². The third-order valence-electron chi connectivity index (χ3n) is 3.85. The van der Waals surface area contributed by atoms with E-state index in [1.54, 1.807) is 4.68 Å². The van der Waals surface area contributed by atoms with Crippen molar-refractivity contribution in [2.75, 3.05) is 37.6 Å². The molecule has 7 heteroatoms. The zero-order chi connectivity index (χ0) is 15.4. The number of hydrogen-bond acceptors (Lipinski definition) is 5. The van der Waals surface area contributed by atoms with Crippen LogP contribution in [-0.4, -0.2) is 53.6 Å². The van der Waals surface area contributed by atoms with E-state index in [2.05, 4.69) is 31.9 Å². The Morgan fingerprint density at radius 2 is 2.18 bits per heavy atom. The maximum Gasteiger partial charge on any atom is 0.241 e. The van der Waals surface area contributed by atoms with Crippen LogP contribution >= 0.6 is 0 Å². The highest BCUT2D eigenvalue weighted by Crippen LogP contribution is 2.20. The smallest absolute Gasteiger partial charge is 0.241 e. The second kappa shape index (κ2) is 6.74. The first-order chi connectivity index (χ1) is 10.8. The number of rotatable bonds is 5. The number of carbonyl (C=O) groups excluding carboxylic acids is 1. The Hall–Kier alpha value is -2.15. The van der Waals surface area contributed by atoms with E-state index in [0.717, 1.165) is 49.3 Å². The number of piperazine rings is 1. The molecule has 1 aliphatic rings. The Kier molecular flexibility index (Phi) is 4.53. The molecule has 0 aliphatic carbocycles. The molecule has 0 unspecified atom stereocenters. The SMILES string of the molecule is CCCNC(=O)Cn1nnc2cc(N3CCNCC3)ccc21. The zero-order valence-corrected chi connectivity index (χ0v) is 12.9. The van der Waals surface area contributed by atoms with Crippen LogP contribution in [0.3, 0.4) is 0 Å². The van der Waals surface area contributed by atoms with Crippen LogP contribution in [0.25, 0.3) is 11.0 Å². The number of nitrogens with one attached hydrogen (secondary N) is 2. The molecule has 0 spiro atoms. The number of fused-ring (bicyclic) bond motifs is 1. The molecule has 2 heterocycles. The highest BCUT2D eigenvalue weighted by Gasteiger charge is 2.13. The lowest BCUT2D eigenvalue weighted by Gasteiger charge is -2.29. The van der Waals surface area contributed by atoms with Crippen molar-refractivity contribution in [2.24, 2.45) is 0 Å². The predicted molar refractivity (Wildman–Crippen MR) is 85.9 cm³/mol. The van der Waals surface area contributed by atoms with E-state index < -0.39 is 0 Å². The Labute approximate surface area is 129 Å². The molecule has 1 aromatic heterocycles. The quantitative estimate of drug-likeness (QED) is 0.834. The van der Waals surface area contributed by atoms with Gasteiger partial charge >= 0.3 is 0 Å². The van der Waals surface area contributed by atoms with Gasteiger partial charge in [-0.2, -0.15) is 0 Å². The number of amides is 1. The Bertz CT molecular complexity index is 647. The van der Waals surface area contributed by atoms with E-state index in [-0.39, 0.29) is 12.5 Å². The van der Waals surface area contributed by atoms with Gasteiger partial charge in [0.25, 0.3) is 0 Å². The van der Waals surface area contributed by atoms with E-state index in [0.29, 0.717) is 6.54 Å². The first kappa shape index (κ1) is 14.8. The van der Waals surface area contributed by atoms with Gasteiger partial charge in [0.1, 0.15) is 12.1 Å². The average Bonchev–Trinajstić information content (AvgIpc) is 2.96. The van der Waals surface area contributed by atoms with Crippen molar-refractivity contribution in [3.05, 3.63) is 18.2 Å². The molecule has 1 aromatic carbocycles. The van der Waals surface area contributed by atoms with Crippen molar-refractivity contribution < 1.29 is 4.79 Å². The normalized spacial score (nSPS) is 15.2. The van der Waals surface area contributed by atoms with Crippen LogP contribution in [0, 0.1) is 0 Å². The molecule has 0 radical (unpaired) electrons. The van der Waals surface area contributed by atoms with E-state index in [9.17, 15) is 4.79 Å². The van der Waals surface area contributed by atoms with Crippen LogP contribution in [0.4, 0.5) is 5.69 Å². The monoisotopic (exact) mass is 302 g/mol. The highest BCUT2D eigenvalue weighted by atomic mass is 16.2. The van der Waals surface area contributed by atoms with Crippen molar-refractivity contribution in [1.29, 1.82) is 0 Å². The Morgan fingerprint density at radius 3 is 2.95 bits per heavy atom. The van der Waals surface area contributed by atoms with E-state index in [4.69, 9.17) is 0 Å². The van der Waals surface area contributed by atoms with Crippen molar-refractivity contribution >= 4 is 22.6 Å². The van der Waals surface area contributed by atoms with Crippen LogP contribution in [0.5, 0.6) is 0 Å². The lowest BCUT2D eigenvalue weighted by Crippen LogP contribution is -2.43. The third kappa shape index (κ3) is 3.19. The van der Waals surface area contributed by atoms with Gasteiger partial charge < -0.3 is 15.5 Å². The molecule has 3 rings (SSSR count). The summed E-state index contributed by atoms with van der Waals surface area (Å²) in [6.45, 7) is 6.94. The minimum absolute atomic E-state index is 0.0279. The first-order valence-electron chi connectivity index (χ1n) is 7.83. The van der Waals surface area contributed by atoms with Gasteiger partial charge in [-0.3, -0.25) is 4.79 Å². The fourth-order valence-corrected chi connectivity index (χ4v) is 2.65. The lowest BCUT2D eigenvalue weighted by molar-refractivity contribution is -0.121. The van der Waals surface area contributed by atoms with Crippen molar-refractivity contribution in [3.63, 3.8) is 0 Å². The Morgan fingerprint density at radius 1 is 1.36 bits per heavy atom. The number of carbonyl (C=O) groups is 1. The van der Waals surface area contributed by atoms with E-state index in [1.165, 1.54) is 0 Å². The summed E-state index contributed by atoms with van der Waals surface area (Å²) in [6.07, 6.45) is 0.928. The van der Waals surface area contributed by atoms with Crippen molar-refractivity contribution in [1.82, 2.24) is 25.6 Å². The lowest BCUT2D eigenvalue weighted by atomic mass is 10.2. The van der Waals surface area contributed by atoms with Gasteiger partial charge in [-0.25, -0.2) is 4.68 Å². The summed E-state index contributed by atoms with van der Waals surface area (Å²) < 4.78 is 1.65. The zero-order valence-electron chi connectivity index (χ0n) is 12.9. The van der Waals surface area contributed by atoms with E-state index in [1.807, 2.05) is 19.1 Å². The van der Waals surface area contributed by atoms with E-state index >= 15 is 0 Å². The summed E-state index contributed by atoms with van der Waals surface area (Å²) >= 11 is 0. The molecule has 2 aromatic rings. The number of aromatic nitrogens is 3. The standard InChI is InChI=1S/C15H22N6O/c1-2-5-17-15(22)11-21-14-4-3-12(10-13(14)18-19-21)20-8-6-16-7-9-20/h3-4,10,16H,2,5-9,11H2,1H3,(H,17,22). The van der Waals surface area contributed by atoms with Crippen LogP contribution < -0.4 is 15.5 Å². The Balaban J connectivity index is 1.75. The molecule has 2 N–H and O–H groups in total. The van der Waals surface area contributed by atoms with Gasteiger partial charge in [-0.15, -0.1) is 5.10 Å². The summed E-state index contributed by atoms with van der Waals surface area (Å²) in [5.74, 6) is -0.0279. The molecule has 1 amide bonds. The number of hydrogen-bond donors (Lipinski definition) is 2. The summed E-state index contributed by atoms with van der Waals surface area (Å²) in [5, 5.41) is 14.5. The maximum absolute atomic E-state index is 11.8. The first-order valence-corrected chi connectivity index (χ1v) is 7.83. The van der Waals surface area contributed by atoms with Crippen molar-refractivity contribution in [3.8, 4) is 0 Å². The minimum Gasteiger partial charge on any atom is -0.369 e. The molecule has 22 heavy (non-hydrogen) atoms. The summed E-state index contributed by atoms with van der Waals surface area (Å²) in [5.41, 5.74) is 2.89. The highest BCUT2D eigenvalue weighted by molar-refractivity contribution is 5.82. The molecular formula is C15H22N6O. The fraction of sp³-hybridized carbons (Fsp3) is 0.533. The second-order valence-electron chi connectivity index (χ2n) is 5.51. The van der Waals surface area contributed by atoms with Gasteiger partial charge in [0.15, 0.2) is 0 Å². The molecule has 0 atom stereocenters. The maximum atomic E-state index is 11.8. The third-order valence-corrected chi connectivity index (χ3v) is 3.85. The molecule has 118 valence electrons. The molecule has 1 aliphatic heterocycles. The second-order valence-corrected chi connectivity index (χ2v) is 5.51. The number of benzene rings is 1. The average molecular weight is 302 g/mol. The van der Waals surface area contributed by atoms with Gasteiger partial charge in [-0.1, -0.05) is 12.1 Å². The molecule has 0 saturated carbocycles. The number of nitrogens with zero attached hydrogens (tertiary/aromatic N) is 4. The molecule has 1 saturated heterocycles. The molecule has 7 nitrogen and oxygen atoms in total.